The molecule has 0 aromatic heterocycles. The van der Waals surface area contributed by atoms with Crippen molar-refractivity contribution in [2.75, 3.05) is 26.7 Å². The highest BCUT2D eigenvalue weighted by atomic mass is 127. The molecule has 2 aromatic rings. The largest absolute Gasteiger partial charge is 0.370 e. The van der Waals surface area contributed by atoms with E-state index in [1.807, 2.05) is 12.1 Å². The van der Waals surface area contributed by atoms with Crippen molar-refractivity contribution < 1.29 is 0 Å². The molecule has 0 fully saturated rings. The number of guanidine groups is 1. The van der Waals surface area contributed by atoms with Gasteiger partial charge < -0.3 is 16.0 Å². The van der Waals surface area contributed by atoms with Crippen LogP contribution in [0.4, 0.5) is 0 Å². The quantitative estimate of drug-likeness (QED) is 0.379. The summed E-state index contributed by atoms with van der Waals surface area (Å²) in [6.07, 6.45) is 0.949. The Labute approximate surface area is 162 Å². The van der Waals surface area contributed by atoms with Crippen LogP contribution in [0.3, 0.4) is 0 Å². The van der Waals surface area contributed by atoms with Crippen LogP contribution in [0, 0.1) is 0 Å². The van der Waals surface area contributed by atoms with E-state index in [2.05, 4.69) is 70.8 Å². The fourth-order valence-corrected chi connectivity index (χ4v) is 2.35. The maximum atomic E-state index is 5.90. The first-order chi connectivity index (χ1) is 11.2. The van der Waals surface area contributed by atoms with Gasteiger partial charge in [-0.2, -0.15) is 0 Å². The van der Waals surface area contributed by atoms with Crippen LogP contribution in [0.15, 0.2) is 65.7 Å². The van der Waals surface area contributed by atoms with Crippen molar-refractivity contribution in [3.05, 3.63) is 71.8 Å². The average Bonchev–Trinajstić information content (AvgIpc) is 2.57. The molecule has 130 valence electrons. The van der Waals surface area contributed by atoms with Crippen molar-refractivity contribution in [1.29, 1.82) is 0 Å². The number of rotatable bonds is 8. The van der Waals surface area contributed by atoms with Gasteiger partial charge >= 0.3 is 0 Å². The predicted molar refractivity (Wildman–Crippen MR) is 113 cm³/mol. The van der Waals surface area contributed by atoms with Crippen LogP contribution >= 0.6 is 24.0 Å². The topological polar surface area (TPSA) is 53.6 Å². The minimum atomic E-state index is 0. The van der Waals surface area contributed by atoms with Gasteiger partial charge in [-0.25, -0.2) is 0 Å². The molecular weight excluding hydrogens is 411 g/mol. The Morgan fingerprint density at radius 3 is 2.21 bits per heavy atom. The van der Waals surface area contributed by atoms with Gasteiger partial charge in [0, 0.05) is 19.6 Å². The van der Waals surface area contributed by atoms with E-state index >= 15 is 0 Å². The lowest BCUT2D eigenvalue weighted by Gasteiger charge is -2.15. The third-order valence-corrected chi connectivity index (χ3v) is 3.62. The molecule has 0 atom stereocenters. The highest BCUT2D eigenvalue weighted by molar-refractivity contribution is 14.0. The Morgan fingerprint density at radius 1 is 1.00 bits per heavy atom. The van der Waals surface area contributed by atoms with Gasteiger partial charge in [-0.05, 0) is 24.6 Å². The number of hydrogen-bond acceptors (Lipinski definition) is 2. The fourth-order valence-electron chi connectivity index (χ4n) is 2.35. The smallest absolute Gasteiger partial charge is 0.188 e. The Balaban J connectivity index is 0.00000288. The zero-order valence-electron chi connectivity index (χ0n) is 14.2. The highest BCUT2D eigenvalue weighted by Crippen LogP contribution is 2.02. The Morgan fingerprint density at radius 2 is 1.58 bits per heavy atom. The van der Waals surface area contributed by atoms with Crippen molar-refractivity contribution in [3.63, 3.8) is 0 Å². The molecule has 0 aliphatic carbocycles. The summed E-state index contributed by atoms with van der Waals surface area (Å²) in [5.74, 6) is 0.522. The Hall–Kier alpha value is -1.60. The van der Waals surface area contributed by atoms with E-state index in [1.165, 1.54) is 11.1 Å². The van der Waals surface area contributed by atoms with E-state index in [0.717, 1.165) is 26.1 Å². The summed E-state index contributed by atoms with van der Waals surface area (Å²) in [4.78, 5) is 6.62. The number of aliphatic imine (C=N–C) groups is 1. The van der Waals surface area contributed by atoms with Crippen molar-refractivity contribution in [1.82, 2.24) is 10.2 Å². The van der Waals surface area contributed by atoms with Crippen LogP contribution in [0.5, 0.6) is 0 Å². The second kappa shape index (κ2) is 11.9. The third kappa shape index (κ3) is 8.31. The van der Waals surface area contributed by atoms with Gasteiger partial charge in [0.25, 0.3) is 0 Å². The van der Waals surface area contributed by atoms with Gasteiger partial charge in [-0.1, -0.05) is 60.7 Å². The second-order valence-electron chi connectivity index (χ2n) is 5.65. The zero-order chi connectivity index (χ0) is 16.3. The number of nitrogens with zero attached hydrogens (tertiary/aromatic N) is 2. The lowest BCUT2D eigenvalue weighted by Crippen LogP contribution is -2.34. The Bertz CT molecular complexity index is 587. The van der Waals surface area contributed by atoms with E-state index < -0.39 is 0 Å². The molecule has 0 aliphatic rings. The molecule has 0 amide bonds. The maximum absolute atomic E-state index is 5.90. The van der Waals surface area contributed by atoms with Crippen LogP contribution < -0.4 is 11.1 Å². The van der Waals surface area contributed by atoms with E-state index in [0.29, 0.717) is 12.5 Å². The van der Waals surface area contributed by atoms with Crippen molar-refractivity contribution in [3.8, 4) is 0 Å². The molecule has 0 spiro atoms. The number of nitrogens with one attached hydrogen (secondary N) is 1. The van der Waals surface area contributed by atoms with Gasteiger partial charge in [0.15, 0.2) is 5.96 Å². The number of likely N-dealkylation sites (N-methyl/N-ethyl adjacent to an activating group) is 1. The lowest BCUT2D eigenvalue weighted by molar-refractivity contribution is 0.336. The van der Waals surface area contributed by atoms with Crippen LogP contribution in [-0.4, -0.2) is 37.5 Å². The van der Waals surface area contributed by atoms with E-state index in [9.17, 15) is 0 Å². The molecule has 2 rings (SSSR count). The molecule has 0 bridgehead atoms. The molecule has 0 saturated carbocycles. The highest BCUT2D eigenvalue weighted by Gasteiger charge is 1.99. The van der Waals surface area contributed by atoms with Crippen molar-refractivity contribution in [2.45, 2.75) is 13.0 Å². The molecule has 3 N–H and O–H groups in total. The summed E-state index contributed by atoms with van der Waals surface area (Å²) in [6, 6.07) is 20.8. The van der Waals surface area contributed by atoms with Crippen LogP contribution in [0.2, 0.25) is 0 Å². The molecule has 5 heteroatoms. The summed E-state index contributed by atoms with van der Waals surface area (Å²) < 4.78 is 0. The summed E-state index contributed by atoms with van der Waals surface area (Å²) in [6.45, 7) is 3.32. The SMILES string of the molecule is CN(CCN=C(N)NCCc1ccccc1)Cc1ccccc1.I. The van der Waals surface area contributed by atoms with Crippen molar-refractivity contribution in [2.24, 2.45) is 10.7 Å². The number of benzene rings is 2. The monoisotopic (exact) mass is 438 g/mol. The first-order valence-corrected chi connectivity index (χ1v) is 8.04. The normalized spacial score (nSPS) is 11.2. The summed E-state index contributed by atoms with van der Waals surface area (Å²) >= 11 is 0. The lowest BCUT2D eigenvalue weighted by atomic mass is 10.1. The first-order valence-electron chi connectivity index (χ1n) is 8.04. The van der Waals surface area contributed by atoms with E-state index in [-0.39, 0.29) is 24.0 Å². The van der Waals surface area contributed by atoms with Crippen molar-refractivity contribution >= 4 is 29.9 Å². The zero-order valence-corrected chi connectivity index (χ0v) is 16.5. The van der Waals surface area contributed by atoms with Crippen LogP contribution in [0.25, 0.3) is 0 Å². The molecule has 0 radical (unpaired) electrons. The number of halogens is 1. The van der Waals surface area contributed by atoms with Gasteiger partial charge in [-0.15, -0.1) is 24.0 Å². The first kappa shape index (κ1) is 20.4. The van der Waals surface area contributed by atoms with E-state index in [4.69, 9.17) is 5.73 Å². The van der Waals surface area contributed by atoms with E-state index in [1.54, 1.807) is 0 Å². The van der Waals surface area contributed by atoms with Crippen LogP contribution in [0.1, 0.15) is 11.1 Å². The predicted octanol–water partition coefficient (Wildman–Crippen LogP) is 2.88. The molecule has 4 nitrogen and oxygen atoms in total. The molecule has 0 saturated heterocycles. The van der Waals surface area contributed by atoms with Gasteiger partial charge in [0.1, 0.15) is 0 Å². The van der Waals surface area contributed by atoms with Gasteiger partial charge in [-0.3, -0.25) is 4.99 Å². The summed E-state index contributed by atoms with van der Waals surface area (Å²) in [5, 5.41) is 3.16. The molecule has 2 aromatic carbocycles. The molecule has 0 unspecified atom stereocenters. The maximum Gasteiger partial charge on any atom is 0.188 e. The fraction of sp³-hybridized carbons (Fsp3) is 0.316. The third-order valence-electron chi connectivity index (χ3n) is 3.62. The summed E-state index contributed by atoms with van der Waals surface area (Å²) in [7, 11) is 2.10. The van der Waals surface area contributed by atoms with Gasteiger partial charge in [0.2, 0.25) is 0 Å². The number of nitrogens with two attached hydrogens (primary N) is 1. The molecule has 0 heterocycles. The number of hydrogen-bond donors (Lipinski definition) is 2. The standard InChI is InChI=1S/C19H26N4.HI/c1-23(16-18-10-6-3-7-11-18)15-14-22-19(20)21-13-12-17-8-4-2-5-9-17;/h2-11H,12-16H2,1H3,(H3,20,21,22);1H. The molecular formula is C19H27IN4. The molecule has 0 aliphatic heterocycles. The Kier molecular flexibility index (Phi) is 10.1. The average molecular weight is 438 g/mol. The minimum Gasteiger partial charge on any atom is -0.370 e. The summed E-state index contributed by atoms with van der Waals surface area (Å²) in [5.41, 5.74) is 8.51. The second-order valence-corrected chi connectivity index (χ2v) is 5.65. The van der Waals surface area contributed by atoms with Crippen LogP contribution in [-0.2, 0) is 13.0 Å². The van der Waals surface area contributed by atoms with Gasteiger partial charge in [0.05, 0.1) is 6.54 Å². The molecule has 24 heavy (non-hydrogen) atoms. The minimum absolute atomic E-state index is 0.